The van der Waals surface area contributed by atoms with Crippen LogP contribution in [0.3, 0.4) is 0 Å². The molecule has 1 N–H and O–H groups in total. The first-order valence-corrected chi connectivity index (χ1v) is 11.1. The number of benzene rings is 2. The number of nitrogens with one attached hydrogen (secondary N) is 1. The van der Waals surface area contributed by atoms with Crippen molar-refractivity contribution in [3.8, 4) is 28.9 Å². The third-order valence-corrected chi connectivity index (χ3v) is 6.13. The first-order valence-electron chi connectivity index (χ1n) is 9.25. The highest BCUT2D eigenvalue weighted by molar-refractivity contribution is 7.99. The number of rotatable bonds is 7. The molecule has 0 unspecified atom stereocenters. The molecule has 0 spiro atoms. The van der Waals surface area contributed by atoms with E-state index < -0.39 is 0 Å². The number of amides is 1. The Bertz CT molecular complexity index is 1230. The zero-order chi connectivity index (χ0) is 21.6. The third-order valence-electron chi connectivity index (χ3n) is 4.37. The van der Waals surface area contributed by atoms with Crippen LogP contribution in [0, 0.1) is 11.3 Å². The quantitative estimate of drug-likeness (QED) is 0.416. The number of aromatic nitrogens is 3. The molecule has 4 aromatic rings. The van der Waals surface area contributed by atoms with Gasteiger partial charge in [-0.2, -0.15) is 5.26 Å². The van der Waals surface area contributed by atoms with E-state index in [0.717, 1.165) is 17.0 Å². The first-order chi connectivity index (χ1) is 15.2. The molecule has 0 fully saturated rings. The summed E-state index contributed by atoms with van der Waals surface area (Å²) in [4.78, 5) is 12.4. The average Bonchev–Trinajstić information content (AvgIpc) is 3.45. The second-order valence-electron chi connectivity index (χ2n) is 6.32. The molecule has 7 nitrogen and oxygen atoms in total. The number of carbonyl (C=O) groups excluding carboxylic acids is 1. The van der Waals surface area contributed by atoms with Crippen molar-refractivity contribution in [2.24, 2.45) is 0 Å². The maximum absolute atomic E-state index is 12.4. The van der Waals surface area contributed by atoms with Crippen molar-refractivity contribution in [1.29, 1.82) is 5.26 Å². The molecule has 0 aliphatic rings. The van der Waals surface area contributed by atoms with E-state index in [0.29, 0.717) is 21.5 Å². The molecule has 4 rings (SSSR count). The number of carbonyl (C=O) groups is 1. The van der Waals surface area contributed by atoms with Gasteiger partial charge in [-0.1, -0.05) is 30.0 Å². The van der Waals surface area contributed by atoms with E-state index >= 15 is 0 Å². The van der Waals surface area contributed by atoms with Gasteiger partial charge in [-0.15, -0.1) is 21.5 Å². The van der Waals surface area contributed by atoms with Gasteiger partial charge in [0.25, 0.3) is 0 Å². The number of ether oxygens (including phenoxy) is 1. The van der Waals surface area contributed by atoms with Crippen LogP contribution in [-0.2, 0) is 4.79 Å². The fraction of sp³-hybridized carbons (Fsp3) is 0.0909. The predicted molar refractivity (Wildman–Crippen MR) is 122 cm³/mol. The average molecular weight is 448 g/mol. The van der Waals surface area contributed by atoms with Crippen molar-refractivity contribution < 1.29 is 9.53 Å². The summed E-state index contributed by atoms with van der Waals surface area (Å²) in [6.07, 6.45) is 0. The Labute approximate surface area is 187 Å². The van der Waals surface area contributed by atoms with Gasteiger partial charge >= 0.3 is 0 Å². The van der Waals surface area contributed by atoms with Gasteiger partial charge in [0.15, 0.2) is 11.0 Å². The minimum absolute atomic E-state index is 0.135. The number of anilines is 1. The van der Waals surface area contributed by atoms with Crippen molar-refractivity contribution in [1.82, 2.24) is 14.8 Å². The molecule has 0 radical (unpaired) electrons. The lowest BCUT2D eigenvalue weighted by atomic mass is 10.2. The Balaban J connectivity index is 1.59. The van der Waals surface area contributed by atoms with Crippen LogP contribution in [0.25, 0.3) is 17.1 Å². The fourth-order valence-corrected chi connectivity index (χ4v) is 4.39. The zero-order valence-corrected chi connectivity index (χ0v) is 18.1. The highest BCUT2D eigenvalue weighted by Gasteiger charge is 2.18. The van der Waals surface area contributed by atoms with Gasteiger partial charge < -0.3 is 10.1 Å². The minimum Gasteiger partial charge on any atom is -0.497 e. The Morgan fingerprint density at radius 3 is 2.65 bits per heavy atom. The van der Waals surface area contributed by atoms with Gasteiger partial charge in [0, 0.05) is 11.3 Å². The molecule has 154 valence electrons. The normalized spacial score (nSPS) is 10.5. The number of nitrogens with zero attached hydrogens (tertiary/aromatic N) is 4. The Morgan fingerprint density at radius 2 is 1.94 bits per heavy atom. The minimum atomic E-state index is -0.211. The standard InChI is InChI=1S/C22H17N5O2S2/c1-29-18-9-7-15(8-10-18)20-25-26-22(27(20)17-5-3-2-4-6-17)31-14-19(28)24-21-16(13-23)11-12-30-21/h2-12H,14H2,1H3,(H,24,28). The molecule has 0 saturated carbocycles. The lowest BCUT2D eigenvalue weighted by molar-refractivity contribution is -0.113. The molecule has 2 heterocycles. The number of thioether (sulfide) groups is 1. The first kappa shape index (κ1) is 20.7. The number of methoxy groups -OCH3 is 1. The van der Waals surface area contributed by atoms with Crippen LogP contribution in [0.15, 0.2) is 71.2 Å². The molecule has 2 aromatic carbocycles. The Hall–Kier alpha value is -3.61. The van der Waals surface area contributed by atoms with Crippen molar-refractivity contribution in [2.45, 2.75) is 5.16 Å². The molecule has 9 heteroatoms. The number of nitriles is 1. The van der Waals surface area contributed by atoms with Crippen LogP contribution in [0.2, 0.25) is 0 Å². The van der Waals surface area contributed by atoms with Gasteiger partial charge in [-0.25, -0.2) is 0 Å². The summed E-state index contributed by atoms with van der Waals surface area (Å²) in [7, 11) is 1.62. The molecule has 0 aliphatic carbocycles. The highest BCUT2D eigenvalue weighted by Crippen LogP contribution is 2.29. The molecule has 2 aromatic heterocycles. The van der Waals surface area contributed by atoms with Crippen LogP contribution in [0.1, 0.15) is 5.56 Å². The maximum Gasteiger partial charge on any atom is 0.235 e. The van der Waals surface area contributed by atoms with E-state index in [1.54, 1.807) is 18.6 Å². The van der Waals surface area contributed by atoms with Crippen LogP contribution in [0.5, 0.6) is 5.75 Å². The van der Waals surface area contributed by atoms with Crippen molar-refractivity contribution in [3.05, 3.63) is 71.6 Å². The van der Waals surface area contributed by atoms with Gasteiger partial charge in [0.2, 0.25) is 5.91 Å². The summed E-state index contributed by atoms with van der Waals surface area (Å²) in [6, 6.07) is 21.1. The fourth-order valence-electron chi connectivity index (χ4n) is 2.89. The molecule has 1 amide bonds. The van der Waals surface area contributed by atoms with E-state index in [1.165, 1.54) is 23.1 Å². The molecular weight excluding hydrogens is 430 g/mol. The highest BCUT2D eigenvalue weighted by atomic mass is 32.2. The number of hydrogen-bond donors (Lipinski definition) is 1. The van der Waals surface area contributed by atoms with Gasteiger partial charge in [-0.3, -0.25) is 9.36 Å². The lowest BCUT2D eigenvalue weighted by Gasteiger charge is -2.10. The number of para-hydroxylation sites is 1. The zero-order valence-electron chi connectivity index (χ0n) is 16.5. The topological polar surface area (TPSA) is 92.8 Å². The SMILES string of the molecule is COc1ccc(-c2nnc(SCC(=O)Nc3sccc3C#N)n2-c2ccccc2)cc1. The van der Waals surface area contributed by atoms with Crippen molar-refractivity contribution in [2.75, 3.05) is 18.2 Å². The van der Waals surface area contributed by atoms with E-state index in [2.05, 4.69) is 21.6 Å². The van der Waals surface area contributed by atoms with Crippen molar-refractivity contribution >= 4 is 34.0 Å². The summed E-state index contributed by atoms with van der Waals surface area (Å²) in [5.41, 5.74) is 2.23. The molecule has 0 atom stereocenters. The van der Waals surface area contributed by atoms with Gasteiger partial charge in [0.05, 0.1) is 18.4 Å². The second-order valence-corrected chi connectivity index (χ2v) is 8.18. The summed E-state index contributed by atoms with van der Waals surface area (Å²) in [5.74, 6) is 1.35. The summed E-state index contributed by atoms with van der Waals surface area (Å²) >= 11 is 2.60. The van der Waals surface area contributed by atoms with Crippen LogP contribution in [0.4, 0.5) is 5.00 Å². The van der Waals surface area contributed by atoms with E-state index in [9.17, 15) is 4.79 Å². The predicted octanol–water partition coefficient (Wildman–Crippen LogP) is 4.61. The monoisotopic (exact) mass is 447 g/mol. The van der Waals surface area contributed by atoms with Gasteiger partial charge in [0.1, 0.15) is 16.8 Å². The number of hydrogen-bond acceptors (Lipinski definition) is 7. The van der Waals surface area contributed by atoms with Crippen LogP contribution in [-0.4, -0.2) is 33.5 Å². The smallest absolute Gasteiger partial charge is 0.235 e. The van der Waals surface area contributed by atoms with Crippen molar-refractivity contribution in [3.63, 3.8) is 0 Å². The molecular formula is C22H17N5O2S2. The van der Waals surface area contributed by atoms with Gasteiger partial charge in [-0.05, 0) is 47.8 Å². The Kier molecular flexibility index (Phi) is 6.31. The molecule has 0 bridgehead atoms. The van der Waals surface area contributed by atoms with E-state index in [1.807, 2.05) is 59.2 Å². The summed E-state index contributed by atoms with van der Waals surface area (Å²) in [5, 5.41) is 23.5. The van der Waals surface area contributed by atoms with E-state index in [4.69, 9.17) is 10.00 Å². The Morgan fingerprint density at radius 1 is 1.16 bits per heavy atom. The summed E-state index contributed by atoms with van der Waals surface area (Å²) < 4.78 is 7.16. The van der Waals surface area contributed by atoms with Crippen LogP contribution < -0.4 is 10.1 Å². The molecule has 0 aliphatic heterocycles. The van der Waals surface area contributed by atoms with Crippen LogP contribution >= 0.6 is 23.1 Å². The lowest BCUT2D eigenvalue weighted by Crippen LogP contribution is -2.14. The second kappa shape index (κ2) is 9.47. The molecule has 0 saturated heterocycles. The third kappa shape index (κ3) is 4.60. The largest absolute Gasteiger partial charge is 0.497 e. The molecule has 31 heavy (non-hydrogen) atoms. The maximum atomic E-state index is 12.4. The van der Waals surface area contributed by atoms with E-state index in [-0.39, 0.29) is 11.7 Å². The number of thiophene rings is 1. The summed E-state index contributed by atoms with van der Waals surface area (Å²) in [6.45, 7) is 0.